The van der Waals surface area contributed by atoms with Gasteiger partial charge in [0.15, 0.2) is 6.10 Å². The Bertz CT molecular complexity index is 492. The van der Waals surface area contributed by atoms with Gasteiger partial charge in [0.1, 0.15) is 5.75 Å². The largest absolute Gasteiger partial charge is 0.481 e. The summed E-state index contributed by atoms with van der Waals surface area (Å²) >= 11 is 0. The third kappa shape index (κ3) is 4.02. The zero-order valence-corrected chi connectivity index (χ0v) is 14.3. The molecule has 1 atom stereocenters. The number of rotatable bonds is 5. The van der Waals surface area contributed by atoms with Crippen LogP contribution in [0.1, 0.15) is 64.4 Å². The first-order valence-electron chi connectivity index (χ1n) is 8.53. The molecule has 1 aromatic carbocycles. The van der Waals surface area contributed by atoms with Crippen LogP contribution >= 0.6 is 0 Å². The molecule has 1 amide bonds. The van der Waals surface area contributed by atoms with Crippen molar-refractivity contribution in [3.05, 3.63) is 29.8 Å². The first-order valence-corrected chi connectivity index (χ1v) is 8.53. The normalized spacial score (nSPS) is 17.3. The molecule has 122 valence electrons. The van der Waals surface area contributed by atoms with Gasteiger partial charge in [0, 0.05) is 13.1 Å². The quantitative estimate of drug-likeness (QED) is 0.808. The zero-order valence-electron chi connectivity index (χ0n) is 14.3. The lowest BCUT2D eigenvalue weighted by Gasteiger charge is -2.33. The van der Waals surface area contributed by atoms with Gasteiger partial charge in [0.25, 0.3) is 5.91 Å². The molecule has 1 aliphatic carbocycles. The molecule has 0 spiro atoms. The van der Waals surface area contributed by atoms with E-state index >= 15 is 0 Å². The Morgan fingerprint density at radius 3 is 2.41 bits per heavy atom. The average molecular weight is 303 g/mol. The summed E-state index contributed by atoms with van der Waals surface area (Å²) in [5, 5.41) is 0. The predicted molar refractivity (Wildman–Crippen MR) is 90.3 cm³/mol. The lowest BCUT2D eigenvalue weighted by molar-refractivity contribution is -0.139. The van der Waals surface area contributed by atoms with Crippen molar-refractivity contribution < 1.29 is 9.53 Å². The van der Waals surface area contributed by atoms with Crippen LogP contribution in [0.5, 0.6) is 5.75 Å². The summed E-state index contributed by atoms with van der Waals surface area (Å²) in [6.07, 6.45) is 5.56. The number of likely N-dealkylation sites (N-methyl/N-ethyl adjacent to an activating group) is 1. The second-order valence-corrected chi connectivity index (χ2v) is 6.69. The fraction of sp³-hybridized carbons (Fsp3) is 0.632. The average Bonchev–Trinajstić information content (AvgIpc) is 2.54. The van der Waals surface area contributed by atoms with E-state index in [-0.39, 0.29) is 5.91 Å². The standard InChI is InChI=1S/C19H29NO2/c1-14(2)17-12-8-9-13-18(17)22-15(3)19(21)20(4)16-10-6-5-7-11-16/h8-9,12-16H,5-7,10-11H2,1-4H3. The maximum Gasteiger partial charge on any atom is 0.263 e. The highest BCUT2D eigenvalue weighted by molar-refractivity contribution is 5.81. The highest BCUT2D eigenvalue weighted by Crippen LogP contribution is 2.27. The van der Waals surface area contributed by atoms with Crippen molar-refractivity contribution >= 4 is 5.91 Å². The molecule has 0 heterocycles. The Balaban J connectivity index is 2.02. The summed E-state index contributed by atoms with van der Waals surface area (Å²) in [5.41, 5.74) is 1.16. The summed E-state index contributed by atoms with van der Waals surface area (Å²) in [6, 6.07) is 8.39. The molecule has 0 radical (unpaired) electrons. The van der Waals surface area contributed by atoms with E-state index in [0.717, 1.165) is 24.2 Å². The molecular weight excluding hydrogens is 274 g/mol. The molecule has 2 rings (SSSR count). The highest BCUT2D eigenvalue weighted by Gasteiger charge is 2.27. The Morgan fingerprint density at radius 1 is 1.14 bits per heavy atom. The van der Waals surface area contributed by atoms with Gasteiger partial charge in [-0.1, -0.05) is 51.3 Å². The Morgan fingerprint density at radius 2 is 1.77 bits per heavy atom. The summed E-state index contributed by atoms with van der Waals surface area (Å²) in [5.74, 6) is 1.30. The Kier molecular flexibility index (Phi) is 5.87. The molecular formula is C19H29NO2. The van der Waals surface area contributed by atoms with Gasteiger partial charge in [-0.05, 0) is 37.3 Å². The number of hydrogen-bond donors (Lipinski definition) is 0. The van der Waals surface area contributed by atoms with E-state index in [1.54, 1.807) is 0 Å². The van der Waals surface area contributed by atoms with E-state index in [2.05, 4.69) is 19.9 Å². The fourth-order valence-corrected chi connectivity index (χ4v) is 3.24. The first kappa shape index (κ1) is 16.9. The molecule has 1 unspecified atom stereocenters. The predicted octanol–water partition coefficient (Wildman–Crippen LogP) is 4.37. The van der Waals surface area contributed by atoms with E-state index in [0.29, 0.717) is 12.0 Å². The van der Waals surface area contributed by atoms with E-state index < -0.39 is 6.10 Å². The van der Waals surface area contributed by atoms with Crippen LogP contribution in [0.4, 0.5) is 0 Å². The number of benzene rings is 1. The number of carbonyl (C=O) groups is 1. The molecule has 3 heteroatoms. The van der Waals surface area contributed by atoms with Gasteiger partial charge in [-0.15, -0.1) is 0 Å². The number of ether oxygens (including phenoxy) is 1. The lowest BCUT2D eigenvalue weighted by atomic mass is 9.94. The van der Waals surface area contributed by atoms with Crippen LogP contribution in [-0.4, -0.2) is 30.0 Å². The van der Waals surface area contributed by atoms with Crippen LogP contribution in [0.3, 0.4) is 0 Å². The zero-order chi connectivity index (χ0) is 16.1. The van der Waals surface area contributed by atoms with Gasteiger partial charge < -0.3 is 9.64 Å². The van der Waals surface area contributed by atoms with Crippen LogP contribution in [0.2, 0.25) is 0 Å². The van der Waals surface area contributed by atoms with Crippen molar-refractivity contribution in [2.24, 2.45) is 0 Å². The smallest absolute Gasteiger partial charge is 0.263 e. The second kappa shape index (κ2) is 7.66. The summed E-state index contributed by atoms with van der Waals surface area (Å²) < 4.78 is 5.99. The van der Waals surface area contributed by atoms with Gasteiger partial charge in [-0.25, -0.2) is 0 Å². The third-order valence-electron chi connectivity index (χ3n) is 4.66. The van der Waals surface area contributed by atoms with Crippen molar-refractivity contribution in [2.45, 2.75) is 70.9 Å². The summed E-state index contributed by atoms with van der Waals surface area (Å²) in [4.78, 5) is 14.5. The molecule has 0 aliphatic heterocycles. The molecule has 22 heavy (non-hydrogen) atoms. The molecule has 0 aromatic heterocycles. The van der Waals surface area contributed by atoms with Gasteiger partial charge in [-0.3, -0.25) is 4.79 Å². The minimum absolute atomic E-state index is 0.0884. The van der Waals surface area contributed by atoms with Crippen molar-refractivity contribution in [3.63, 3.8) is 0 Å². The molecule has 1 aliphatic rings. The van der Waals surface area contributed by atoms with E-state index in [1.165, 1.54) is 19.3 Å². The van der Waals surface area contributed by atoms with Crippen LogP contribution in [0, 0.1) is 0 Å². The van der Waals surface area contributed by atoms with Gasteiger partial charge in [0.05, 0.1) is 0 Å². The van der Waals surface area contributed by atoms with Gasteiger partial charge in [-0.2, -0.15) is 0 Å². The van der Waals surface area contributed by atoms with Crippen molar-refractivity contribution in [1.29, 1.82) is 0 Å². The van der Waals surface area contributed by atoms with Gasteiger partial charge in [0.2, 0.25) is 0 Å². The molecule has 1 fully saturated rings. The van der Waals surface area contributed by atoms with E-state index in [1.807, 2.05) is 37.1 Å². The van der Waals surface area contributed by atoms with Crippen molar-refractivity contribution in [1.82, 2.24) is 4.90 Å². The van der Waals surface area contributed by atoms with Crippen LogP contribution in [-0.2, 0) is 4.79 Å². The molecule has 1 saturated carbocycles. The monoisotopic (exact) mass is 303 g/mol. The topological polar surface area (TPSA) is 29.5 Å². The van der Waals surface area contributed by atoms with Crippen LogP contribution < -0.4 is 4.74 Å². The highest BCUT2D eigenvalue weighted by atomic mass is 16.5. The molecule has 0 saturated heterocycles. The number of para-hydroxylation sites is 1. The van der Waals surface area contributed by atoms with Crippen molar-refractivity contribution in [3.8, 4) is 5.75 Å². The molecule has 3 nitrogen and oxygen atoms in total. The fourth-order valence-electron chi connectivity index (χ4n) is 3.24. The minimum Gasteiger partial charge on any atom is -0.481 e. The van der Waals surface area contributed by atoms with E-state index in [4.69, 9.17) is 4.74 Å². The third-order valence-corrected chi connectivity index (χ3v) is 4.66. The maximum absolute atomic E-state index is 12.6. The van der Waals surface area contributed by atoms with Gasteiger partial charge >= 0.3 is 0 Å². The molecule has 0 bridgehead atoms. The van der Waals surface area contributed by atoms with Crippen LogP contribution in [0.25, 0.3) is 0 Å². The number of nitrogens with zero attached hydrogens (tertiary/aromatic N) is 1. The molecule has 0 N–H and O–H groups in total. The van der Waals surface area contributed by atoms with Crippen molar-refractivity contribution in [2.75, 3.05) is 7.05 Å². The minimum atomic E-state index is -0.438. The number of carbonyl (C=O) groups excluding carboxylic acids is 1. The lowest BCUT2D eigenvalue weighted by Crippen LogP contribution is -2.44. The second-order valence-electron chi connectivity index (χ2n) is 6.69. The first-order chi connectivity index (χ1) is 10.5. The number of amides is 1. The number of hydrogen-bond acceptors (Lipinski definition) is 2. The Hall–Kier alpha value is -1.51. The maximum atomic E-state index is 12.6. The summed E-state index contributed by atoms with van der Waals surface area (Å²) in [6.45, 7) is 6.14. The Labute approximate surface area is 134 Å². The SMILES string of the molecule is CC(Oc1ccccc1C(C)C)C(=O)N(C)C1CCCCC1. The summed E-state index contributed by atoms with van der Waals surface area (Å²) in [7, 11) is 1.92. The van der Waals surface area contributed by atoms with E-state index in [9.17, 15) is 4.79 Å². The van der Waals surface area contributed by atoms with Crippen LogP contribution in [0.15, 0.2) is 24.3 Å². The molecule has 1 aromatic rings.